The summed E-state index contributed by atoms with van der Waals surface area (Å²) >= 11 is 6.48. The molecule has 1 aromatic heterocycles. The van der Waals surface area contributed by atoms with Crippen LogP contribution in [-0.4, -0.2) is 94.2 Å². The SMILES string of the molecule is C[C@@H]1CN(C(=O)[C@@H]2NC3(CCCCC3)[C@@]3(CNc4cc(C(F)(F)F)ncc43)[C@H]2c2cccc(Cl)c2F)c2ccc(C(=O)N3CCC[C@@H](CC#Cc4cccc5c4CN([C@H]4CCC(=O)NC4=O)C5=O)C3)cc2O1. The molecule has 3 N–H and O–H groups in total. The van der Waals surface area contributed by atoms with Gasteiger partial charge in [-0.05, 0) is 98.5 Å². The molecule has 1 aliphatic carbocycles. The lowest BCUT2D eigenvalue weighted by Crippen LogP contribution is -2.58. The number of anilines is 2. The number of fused-ring (bicyclic) bond motifs is 5. The number of carbonyl (C=O) groups excluding carboxylic acids is 5. The number of hydrogen-bond donors (Lipinski definition) is 3. The van der Waals surface area contributed by atoms with Crippen molar-refractivity contribution in [2.24, 2.45) is 5.92 Å². The lowest BCUT2D eigenvalue weighted by atomic mass is 9.56. The van der Waals surface area contributed by atoms with Crippen molar-refractivity contribution in [3.63, 3.8) is 0 Å². The lowest BCUT2D eigenvalue weighted by molar-refractivity contribution is -0.141. The summed E-state index contributed by atoms with van der Waals surface area (Å²) in [4.78, 5) is 76.4. The highest BCUT2D eigenvalue weighted by Gasteiger charge is 2.69. The minimum absolute atomic E-state index is 0.0759. The van der Waals surface area contributed by atoms with Crippen LogP contribution in [0.5, 0.6) is 5.75 Å². The van der Waals surface area contributed by atoms with E-state index in [0.29, 0.717) is 66.0 Å². The van der Waals surface area contributed by atoms with Crippen molar-refractivity contribution in [3.05, 3.63) is 117 Å². The highest BCUT2D eigenvalue weighted by Crippen LogP contribution is 2.62. The summed E-state index contributed by atoms with van der Waals surface area (Å²) < 4.78 is 65.1. The number of aromatic nitrogens is 1. The molecule has 6 atom stereocenters. The number of nitrogens with one attached hydrogen (secondary N) is 3. The van der Waals surface area contributed by atoms with E-state index in [0.717, 1.165) is 43.7 Å². The van der Waals surface area contributed by atoms with Crippen molar-refractivity contribution in [2.45, 2.75) is 119 Å². The van der Waals surface area contributed by atoms with Gasteiger partial charge in [0, 0.05) is 90.0 Å². The molecule has 1 saturated carbocycles. The third-order valence-electron chi connectivity index (χ3n) is 16.2. The Bertz CT molecular complexity index is 3010. The van der Waals surface area contributed by atoms with Gasteiger partial charge in [0.1, 0.15) is 29.4 Å². The zero-order valence-electron chi connectivity index (χ0n) is 39.5. The van der Waals surface area contributed by atoms with Crippen molar-refractivity contribution < 1.29 is 46.3 Å². The van der Waals surface area contributed by atoms with Crippen LogP contribution in [0.1, 0.15) is 126 Å². The minimum Gasteiger partial charge on any atom is -0.487 e. The summed E-state index contributed by atoms with van der Waals surface area (Å²) in [5, 5.41) is 9.19. The average Bonchev–Trinajstić information content (AvgIpc) is 4.01. The summed E-state index contributed by atoms with van der Waals surface area (Å²) in [7, 11) is 0. The maximum atomic E-state index is 16.6. The van der Waals surface area contributed by atoms with E-state index < -0.39 is 58.7 Å². The fraction of sp³-hybridized carbons (Fsp3) is 0.444. The van der Waals surface area contributed by atoms with Gasteiger partial charge in [-0.15, -0.1) is 0 Å². The Balaban J connectivity index is 0.843. The summed E-state index contributed by atoms with van der Waals surface area (Å²) in [6.45, 7) is 3.32. The number of hydrogen-bond acceptors (Lipinski definition) is 9. The Morgan fingerprint density at radius 2 is 1.79 bits per heavy atom. The van der Waals surface area contributed by atoms with Crippen LogP contribution in [0.15, 0.2) is 66.9 Å². The summed E-state index contributed by atoms with van der Waals surface area (Å²) in [6.07, 6.45) is 2.30. The van der Waals surface area contributed by atoms with E-state index in [1.807, 2.05) is 13.0 Å². The zero-order chi connectivity index (χ0) is 50.3. The zero-order valence-corrected chi connectivity index (χ0v) is 40.2. The first-order valence-electron chi connectivity index (χ1n) is 24.8. The van der Waals surface area contributed by atoms with Gasteiger partial charge in [-0.1, -0.05) is 60.9 Å². The third kappa shape index (κ3) is 7.96. The van der Waals surface area contributed by atoms with Crippen LogP contribution in [0.25, 0.3) is 0 Å². The van der Waals surface area contributed by atoms with Gasteiger partial charge in [0.05, 0.1) is 23.3 Å². The molecule has 2 spiro atoms. The topological polar surface area (TPSA) is 153 Å². The summed E-state index contributed by atoms with van der Waals surface area (Å²) in [5.41, 5.74) is 0.672. The summed E-state index contributed by atoms with van der Waals surface area (Å²) in [6, 6.07) is 14.3. The number of rotatable bonds is 5. The molecule has 6 aliphatic heterocycles. The number of pyridine rings is 1. The van der Waals surface area contributed by atoms with Gasteiger partial charge in [0.2, 0.25) is 17.7 Å². The Labute approximate surface area is 418 Å². The van der Waals surface area contributed by atoms with Gasteiger partial charge >= 0.3 is 6.18 Å². The van der Waals surface area contributed by atoms with Crippen molar-refractivity contribution in [1.82, 2.24) is 25.4 Å². The van der Waals surface area contributed by atoms with E-state index in [2.05, 4.69) is 32.8 Å². The van der Waals surface area contributed by atoms with Crippen LogP contribution in [0, 0.1) is 23.6 Å². The fourth-order valence-corrected chi connectivity index (χ4v) is 13.1. The highest BCUT2D eigenvalue weighted by molar-refractivity contribution is 6.30. The smallest absolute Gasteiger partial charge is 0.433 e. The Morgan fingerprint density at radius 3 is 2.58 bits per heavy atom. The fourth-order valence-electron chi connectivity index (χ4n) is 12.9. The van der Waals surface area contributed by atoms with Crippen LogP contribution in [0.3, 0.4) is 0 Å². The normalized spacial score (nSPS) is 26.3. The number of benzene rings is 3. The predicted molar refractivity (Wildman–Crippen MR) is 258 cm³/mol. The number of piperidine rings is 2. The number of nitrogens with zero attached hydrogens (tertiary/aromatic N) is 4. The van der Waals surface area contributed by atoms with Crippen molar-refractivity contribution in [1.29, 1.82) is 0 Å². The van der Waals surface area contributed by atoms with E-state index in [1.165, 1.54) is 17.2 Å². The second-order valence-electron chi connectivity index (χ2n) is 20.4. The van der Waals surface area contributed by atoms with Crippen LogP contribution < -0.4 is 25.6 Å². The molecule has 3 saturated heterocycles. The van der Waals surface area contributed by atoms with Crippen molar-refractivity contribution >= 4 is 52.5 Å². The minimum atomic E-state index is -4.69. The lowest BCUT2D eigenvalue weighted by Gasteiger charge is -2.48. The largest absolute Gasteiger partial charge is 0.487 e. The monoisotopic (exact) mass is 1010 g/mol. The molecule has 13 nitrogen and oxygen atoms in total. The first-order valence-corrected chi connectivity index (χ1v) is 25.1. The van der Waals surface area contributed by atoms with E-state index in [9.17, 15) is 32.3 Å². The maximum Gasteiger partial charge on any atom is 0.433 e. The molecule has 5 amide bonds. The third-order valence-corrected chi connectivity index (χ3v) is 16.5. The average molecular weight is 1010 g/mol. The maximum absolute atomic E-state index is 16.6. The Kier molecular flexibility index (Phi) is 12.1. The van der Waals surface area contributed by atoms with Crippen LogP contribution in [-0.2, 0) is 32.5 Å². The van der Waals surface area contributed by atoms with Crippen LogP contribution in [0.2, 0.25) is 5.02 Å². The number of alkyl halides is 3. The van der Waals surface area contributed by atoms with Crippen LogP contribution >= 0.6 is 11.6 Å². The molecule has 7 heterocycles. The quantitative estimate of drug-likeness (QED) is 0.103. The van der Waals surface area contributed by atoms with E-state index in [4.69, 9.17) is 16.3 Å². The molecular formula is C54H52ClF4N7O6. The molecule has 0 bridgehead atoms. The molecule has 4 aromatic rings. The van der Waals surface area contributed by atoms with Gasteiger partial charge in [0.25, 0.3) is 11.8 Å². The molecule has 18 heteroatoms. The van der Waals surface area contributed by atoms with E-state index in [1.54, 1.807) is 52.3 Å². The van der Waals surface area contributed by atoms with Crippen molar-refractivity contribution in [2.75, 3.05) is 36.4 Å². The number of amides is 5. The number of halogens is 5. The van der Waals surface area contributed by atoms with E-state index >= 15 is 9.18 Å². The predicted octanol–water partition coefficient (Wildman–Crippen LogP) is 7.88. The second kappa shape index (κ2) is 18.2. The van der Waals surface area contributed by atoms with Gasteiger partial charge in [0.15, 0.2) is 0 Å². The first-order chi connectivity index (χ1) is 34.6. The number of likely N-dealkylation sites (tertiary alicyclic amines) is 1. The van der Waals surface area contributed by atoms with Crippen LogP contribution in [0.4, 0.5) is 28.9 Å². The van der Waals surface area contributed by atoms with Gasteiger partial charge < -0.3 is 24.8 Å². The standard InChI is InChI=1S/C54H52ClF4N7O6/c1-30-26-65(51(71)47-45(35-14-7-15-38(55)46(35)56)53(52(63-47)20-3-2-4-21-52)29-61-39-24-43(54(57,58)59)60-25-37(39)53)40-17-16-33(23-42(40)72-30)49(69)64-22-8-10-31(27-64)9-5-11-32-12-6-13-34-36(32)28-66(50(34)70)41-18-19-44(67)62-48(41)68/h6-7,12-17,23-25,30-31,41,45,47,61,63H,2-4,8-10,18-22,26-29H2,1H3,(H,62,67,68)/t30-,31-,41+,45+,47-,53-/m1/s1. The number of carbonyl (C=O) groups is 5. The van der Waals surface area contributed by atoms with Crippen molar-refractivity contribution in [3.8, 4) is 17.6 Å². The number of ether oxygens (including phenoxy) is 1. The Morgan fingerprint density at radius 1 is 0.986 bits per heavy atom. The molecule has 72 heavy (non-hydrogen) atoms. The van der Waals surface area contributed by atoms with E-state index in [-0.39, 0.29) is 78.3 Å². The molecule has 0 radical (unpaired) electrons. The van der Waals surface area contributed by atoms with Gasteiger partial charge in [-0.25, -0.2) is 4.39 Å². The molecule has 11 rings (SSSR count). The molecule has 7 aliphatic rings. The molecule has 374 valence electrons. The Hall–Kier alpha value is -6.51. The first kappa shape index (κ1) is 47.8. The second-order valence-corrected chi connectivity index (χ2v) is 20.8. The number of imide groups is 1. The summed E-state index contributed by atoms with van der Waals surface area (Å²) in [5.74, 6) is 3.67. The molecular weight excluding hydrogens is 954 g/mol. The van der Waals surface area contributed by atoms with Gasteiger partial charge in [-0.3, -0.25) is 39.6 Å². The highest BCUT2D eigenvalue weighted by atomic mass is 35.5. The molecule has 0 unspecified atom stereocenters. The molecule has 3 aromatic carbocycles. The molecule has 4 fully saturated rings. The van der Waals surface area contributed by atoms with Gasteiger partial charge in [-0.2, -0.15) is 13.2 Å².